The first-order valence-corrected chi connectivity index (χ1v) is 14.7. The second-order valence-electron chi connectivity index (χ2n) is 11.0. The van der Waals surface area contributed by atoms with Gasteiger partial charge in [0.05, 0.1) is 0 Å². The molecule has 0 amide bonds. The summed E-state index contributed by atoms with van der Waals surface area (Å²) in [5.74, 6) is 0.366. The second kappa shape index (κ2) is 12.8. The molecule has 4 nitrogen and oxygen atoms in total. The molecule has 214 valence electrons. The molecule has 0 spiro atoms. The molecular weight excluding hydrogens is 513 g/mol. The fraction of sp³-hybridized carbons (Fsp3) is 0.600. The highest BCUT2D eigenvalue weighted by Crippen LogP contribution is 2.45. The van der Waals surface area contributed by atoms with Crippen molar-refractivity contribution >= 4 is 10.1 Å². The van der Waals surface area contributed by atoms with E-state index in [0.717, 1.165) is 38.5 Å². The van der Waals surface area contributed by atoms with Gasteiger partial charge in [0, 0.05) is 5.56 Å². The van der Waals surface area contributed by atoms with Gasteiger partial charge < -0.3 is 8.92 Å². The van der Waals surface area contributed by atoms with Gasteiger partial charge in [0.2, 0.25) is 0 Å². The van der Waals surface area contributed by atoms with Gasteiger partial charge in [-0.25, -0.2) is 0 Å². The molecule has 1 aromatic carbocycles. The van der Waals surface area contributed by atoms with E-state index in [0.29, 0.717) is 40.8 Å². The maximum Gasteiger partial charge on any atom is 0.534 e. The van der Waals surface area contributed by atoms with Gasteiger partial charge in [0.25, 0.3) is 0 Å². The van der Waals surface area contributed by atoms with Crippen LogP contribution in [0.15, 0.2) is 34.9 Å². The van der Waals surface area contributed by atoms with Crippen LogP contribution in [0.1, 0.15) is 102 Å². The third kappa shape index (κ3) is 8.39. The number of allylic oxidation sites excluding steroid dienone is 6. The molecule has 0 aliphatic carbocycles. The smallest absolute Gasteiger partial charge is 0.487 e. The standard InChI is InChI=1S/C30H43F3O4S/c1-20(2)12-9-13-21(3)14-10-15-22(4)16-11-18-29(8)19-17-26-25(7)27(23(5)24(6)28(26)36-29)37-38(34,35)30(31,32)33/h12,14,16H,9-11,13,15,17-19H2,1-8H3/b21-14+,22-16+. The quantitative estimate of drug-likeness (QED) is 0.155. The summed E-state index contributed by atoms with van der Waals surface area (Å²) >= 11 is 0. The fourth-order valence-corrected chi connectivity index (χ4v) is 5.27. The molecule has 38 heavy (non-hydrogen) atoms. The highest BCUT2D eigenvalue weighted by molar-refractivity contribution is 7.88. The molecule has 0 N–H and O–H groups in total. The maximum absolute atomic E-state index is 12.9. The number of rotatable bonds is 11. The van der Waals surface area contributed by atoms with Gasteiger partial charge in [-0.05, 0) is 123 Å². The molecule has 0 bridgehead atoms. The number of fused-ring (bicyclic) bond motifs is 1. The van der Waals surface area contributed by atoms with Crippen LogP contribution in [0.3, 0.4) is 0 Å². The summed E-state index contributed by atoms with van der Waals surface area (Å²) in [4.78, 5) is 0. The SMILES string of the molecule is CC(C)=CCC/C(C)=C/CC/C(C)=C/CCC1(C)CCc2c(C)c(OS(=O)(=O)C(F)(F)F)c(C)c(C)c2O1. The van der Waals surface area contributed by atoms with Crippen LogP contribution >= 0.6 is 0 Å². The number of halogens is 3. The van der Waals surface area contributed by atoms with Crippen molar-refractivity contribution in [3.05, 3.63) is 57.2 Å². The van der Waals surface area contributed by atoms with E-state index in [2.05, 4.69) is 57.0 Å². The number of benzene rings is 1. The lowest BCUT2D eigenvalue weighted by Gasteiger charge is -2.38. The van der Waals surface area contributed by atoms with E-state index < -0.39 is 21.2 Å². The van der Waals surface area contributed by atoms with Crippen LogP contribution in [-0.4, -0.2) is 19.5 Å². The molecule has 0 saturated carbocycles. The van der Waals surface area contributed by atoms with Gasteiger partial charge in [-0.1, -0.05) is 34.9 Å². The Labute approximate surface area is 227 Å². The zero-order chi connectivity index (χ0) is 28.9. The van der Waals surface area contributed by atoms with Crippen molar-refractivity contribution in [2.75, 3.05) is 0 Å². The minimum atomic E-state index is -5.75. The highest BCUT2D eigenvalue weighted by atomic mass is 32.2. The lowest BCUT2D eigenvalue weighted by molar-refractivity contribution is -0.0500. The van der Waals surface area contributed by atoms with E-state index in [4.69, 9.17) is 4.74 Å². The third-order valence-corrected chi connectivity index (χ3v) is 8.28. The Morgan fingerprint density at radius 2 is 1.47 bits per heavy atom. The van der Waals surface area contributed by atoms with Crippen molar-refractivity contribution in [3.63, 3.8) is 0 Å². The Balaban J connectivity index is 2.05. The molecule has 1 unspecified atom stereocenters. The molecule has 1 atom stereocenters. The van der Waals surface area contributed by atoms with Crippen LogP contribution in [-0.2, 0) is 16.5 Å². The molecular formula is C30H43F3O4S. The van der Waals surface area contributed by atoms with E-state index in [1.165, 1.54) is 16.7 Å². The van der Waals surface area contributed by atoms with Crippen molar-refractivity contribution < 1.29 is 30.5 Å². The van der Waals surface area contributed by atoms with Gasteiger partial charge in [0.1, 0.15) is 17.1 Å². The summed E-state index contributed by atoms with van der Waals surface area (Å²) in [7, 11) is -5.75. The maximum atomic E-state index is 12.9. The zero-order valence-electron chi connectivity index (χ0n) is 24.1. The Morgan fingerprint density at radius 1 is 0.921 bits per heavy atom. The van der Waals surface area contributed by atoms with Gasteiger partial charge in [-0.3, -0.25) is 0 Å². The molecule has 0 saturated heterocycles. The van der Waals surface area contributed by atoms with Crippen molar-refractivity contribution in [2.45, 2.75) is 118 Å². The zero-order valence-corrected chi connectivity index (χ0v) is 24.9. The lowest BCUT2D eigenvalue weighted by Crippen LogP contribution is -2.37. The largest absolute Gasteiger partial charge is 0.534 e. The predicted octanol–water partition coefficient (Wildman–Crippen LogP) is 9.12. The fourth-order valence-electron chi connectivity index (χ4n) is 4.70. The van der Waals surface area contributed by atoms with Crippen LogP contribution in [0.5, 0.6) is 11.5 Å². The third-order valence-electron chi connectivity index (χ3n) is 7.33. The molecule has 0 aromatic heterocycles. The summed E-state index contributed by atoms with van der Waals surface area (Å²) in [6, 6.07) is 0. The van der Waals surface area contributed by atoms with Gasteiger partial charge >= 0.3 is 15.6 Å². The summed E-state index contributed by atoms with van der Waals surface area (Å²) in [5, 5.41) is 0. The second-order valence-corrected chi connectivity index (χ2v) is 12.6. The van der Waals surface area contributed by atoms with Crippen molar-refractivity contribution in [2.24, 2.45) is 0 Å². The van der Waals surface area contributed by atoms with Crippen LogP contribution in [0.25, 0.3) is 0 Å². The van der Waals surface area contributed by atoms with E-state index in [1.54, 1.807) is 20.8 Å². The highest BCUT2D eigenvalue weighted by Gasteiger charge is 2.49. The normalized spacial score (nSPS) is 18.6. The van der Waals surface area contributed by atoms with Crippen molar-refractivity contribution in [1.82, 2.24) is 0 Å². The average Bonchev–Trinajstić information content (AvgIpc) is 2.79. The topological polar surface area (TPSA) is 52.6 Å². The Morgan fingerprint density at radius 3 is 2.03 bits per heavy atom. The Hall–Kier alpha value is -2.22. The Kier molecular flexibility index (Phi) is 10.7. The van der Waals surface area contributed by atoms with E-state index in [-0.39, 0.29) is 5.75 Å². The van der Waals surface area contributed by atoms with Crippen LogP contribution in [0.4, 0.5) is 13.2 Å². The van der Waals surface area contributed by atoms with Crippen molar-refractivity contribution in [1.29, 1.82) is 0 Å². The number of ether oxygens (including phenoxy) is 1. The molecule has 1 aliphatic heterocycles. The number of hydrogen-bond acceptors (Lipinski definition) is 4. The predicted molar refractivity (Wildman–Crippen MR) is 148 cm³/mol. The number of alkyl halides is 3. The van der Waals surface area contributed by atoms with Crippen molar-refractivity contribution in [3.8, 4) is 11.5 Å². The minimum Gasteiger partial charge on any atom is -0.487 e. The monoisotopic (exact) mass is 556 g/mol. The molecule has 1 aliphatic rings. The molecule has 1 aromatic rings. The first-order valence-electron chi connectivity index (χ1n) is 13.2. The van der Waals surface area contributed by atoms with E-state index in [1.807, 2.05) is 0 Å². The summed E-state index contributed by atoms with van der Waals surface area (Å²) < 4.78 is 73.1. The molecule has 0 radical (unpaired) electrons. The first-order chi connectivity index (χ1) is 17.5. The van der Waals surface area contributed by atoms with Crippen LogP contribution < -0.4 is 8.92 Å². The summed E-state index contributed by atoms with van der Waals surface area (Å²) in [6.45, 7) is 15.5. The van der Waals surface area contributed by atoms with Gasteiger partial charge in [-0.15, -0.1) is 0 Å². The minimum absolute atomic E-state index is 0.259. The average molecular weight is 557 g/mol. The molecule has 0 fully saturated rings. The lowest BCUT2D eigenvalue weighted by atomic mass is 9.85. The molecule has 1 heterocycles. The van der Waals surface area contributed by atoms with E-state index >= 15 is 0 Å². The summed E-state index contributed by atoms with van der Waals surface area (Å²) in [5.41, 5.74) is 0.212. The van der Waals surface area contributed by atoms with Crippen LogP contribution in [0.2, 0.25) is 0 Å². The Bertz CT molecular complexity index is 1200. The van der Waals surface area contributed by atoms with E-state index in [9.17, 15) is 21.6 Å². The molecule has 2 rings (SSSR count). The van der Waals surface area contributed by atoms with Gasteiger partial charge in [-0.2, -0.15) is 21.6 Å². The van der Waals surface area contributed by atoms with Gasteiger partial charge in [0.15, 0.2) is 0 Å². The molecule has 8 heteroatoms. The summed E-state index contributed by atoms with van der Waals surface area (Å²) in [6.07, 6.45) is 14.0. The first kappa shape index (κ1) is 32.0. The number of hydrogen-bond donors (Lipinski definition) is 0. The van der Waals surface area contributed by atoms with Crippen LogP contribution in [0, 0.1) is 20.8 Å².